The first-order valence-corrected chi connectivity index (χ1v) is 10.8. The molecule has 1 aromatic carbocycles. The number of hydrogen-bond acceptors (Lipinski definition) is 9. The van der Waals surface area contributed by atoms with Gasteiger partial charge in [0.05, 0.1) is 31.5 Å². The van der Waals surface area contributed by atoms with Crippen LogP contribution in [0.15, 0.2) is 41.1 Å². The van der Waals surface area contributed by atoms with Crippen LogP contribution in [0.3, 0.4) is 0 Å². The van der Waals surface area contributed by atoms with E-state index in [0.717, 1.165) is 11.4 Å². The highest BCUT2D eigenvalue weighted by molar-refractivity contribution is 5.91. The lowest BCUT2D eigenvalue weighted by Gasteiger charge is -2.37. The molecule has 33 heavy (non-hydrogen) atoms. The van der Waals surface area contributed by atoms with Gasteiger partial charge in [-0.2, -0.15) is 0 Å². The summed E-state index contributed by atoms with van der Waals surface area (Å²) < 4.78 is 15.9. The third-order valence-corrected chi connectivity index (χ3v) is 6.02. The van der Waals surface area contributed by atoms with Gasteiger partial charge >= 0.3 is 0 Å². The lowest BCUT2D eigenvalue weighted by molar-refractivity contribution is -0.135. The summed E-state index contributed by atoms with van der Waals surface area (Å²) in [5, 5.41) is 26.7. The van der Waals surface area contributed by atoms with Crippen molar-refractivity contribution in [3.63, 3.8) is 0 Å². The summed E-state index contributed by atoms with van der Waals surface area (Å²) in [4.78, 5) is 28.7. The molecule has 4 rings (SSSR count). The second kappa shape index (κ2) is 10.2. The number of amides is 2. The van der Waals surface area contributed by atoms with Crippen molar-refractivity contribution in [2.45, 2.75) is 30.8 Å². The van der Waals surface area contributed by atoms with E-state index in [1.54, 1.807) is 12.0 Å². The van der Waals surface area contributed by atoms with Crippen molar-refractivity contribution in [3.8, 4) is 5.75 Å². The molecule has 178 valence electrons. The highest BCUT2D eigenvalue weighted by Crippen LogP contribution is 2.29. The van der Waals surface area contributed by atoms with E-state index in [9.17, 15) is 19.8 Å². The smallest absolute Gasteiger partial charge is 0.289 e. The molecule has 0 radical (unpaired) electrons. The summed E-state index contributed by atoms with van der Waals surface area (Å²) in [6, 6.07) is 9.16. The minimum atomic E-state index is -1.23. The van der Waals surface area contributed by atoms with Crippen molar-refractivity contribution in [1.29, 1.82) is 0 Å². The maximum absolute atomic E-state index is 12.8. The van der Waals surface area contributed by atoms with E-state index in [1.165, 1.54) is 12.3 Å². The van der Waals surface area contributed by atoms with E-state index in [1.807, 2.05) is 24.3 Å². The number of nitrogens with zero attached hydrogens (tertiary/aromatic N) is 3. The number of aliphatic hydroxyl groups is 2. The summed E-state index contributed by atoms with van der Waals surface area (Å²) >= 11 is 0. The molecule has 0 bridgehead atoms. The van der Waals surface area contributed by atoms with Gasteiger partial charge in [-0.15, -0.1) is 0 Å². The van der Waals surface area contributed by atoms with Crippen molar-refractivity contribution >= 4 is 17.5 Å². The van der Waals surface area contributed by atoms with Crippen LogP contribution < -0.4 is 15.0 Å². The molecule has 0 aliphatic carbocycles. The number of methoxy groups -OCH3 is 1. The average molecular weight is 460 g/mol. The Morgan fingerprint density at radius 2 is 1.85 bits per heavy atom. The highest BCUT2D eigenvalue weighted by atomic mass is 16.5. The van der Waals surface area contributed by atoms with Crippen LogP contribution in [0.5, 0.6) is 5.75 Å². The number of carbonyl (C=O) groups excluding carboxylic acids is 2. The molecule has 4 atom stereocenters. The van der Waals surface area contributed by atoms with Crippen LogP contribution in [0.2, 0.25) is 0 Å². The van der Waals surface area contributed by atoms with E-state index in [-0.39, 0.29) is 24.6 Å². The van der Waals surface area contributed by atoms with Gasteiger partial charge in [0.1, 0.15) is 24.1 Å². The molecule has 2 aliphatic heterocycles. The molecule has 3 heterocycles. The van der Waals surface area contributed by atoms with Gasteiger partial charge in [-0.25, -0.2) is 0 Å². The number of aliphatic hydroxyl groups excluding tert-OH is 2. The third kappa shape index (κ3) is 5.10. The maximum Gasteiger partial charge on any atom is 0.289 e. The van der Waals surface area contributed by atoms with E-state index in [0.29, 0.717) is 26.2 Å². The molecule has 3 N–H and O–H groups in total. The lowest BCUT2D eigenvalue weighted by atomic mass is 10.0. The van der Waals surface area contributed by atoms with Crippen LogP contribution in [-0.4, -0.2) is 96.3 Å². The Bertz CT molecular complexity index is 946. The average Bonchev–Trinajstić information content (AvgIpc) is 3.48. The summed E-state index contributed by atoms with van der Waals surface area (Å²) in [5.41, 5.74) is 0.986. The Morgan fingerprint density at radius 1 is 1.12 bits per heavy atom. The molecule has 11 heteroatoms. The maximum atomic E-state index is 12.8. The highest BCUT2D eigenvalue weighted by Gasteiger charge is 2.44. The fourth-order valence-corrected chi connectivity index (χ4v) is 4.17. The van der Waals surface area contributed by atoms with Crippen LogP contribution in [-0.2, 0) is 9.53 Å². The van der Waals surface area contributed by atoms with E-state index >= 15 is 0 Å². The molecule has 1 aromatic heterocycles. The molecule has 0 spiro atoms. The van der Waals surface area contributed by atoms with Crippen molar-refractivity contribution < 1.29 is 33.8 Å². The SMILES string of the molecule is COc1ccccc1N1CCN(C(=O)C[C@@H]2O[C@H](CNC(=O)c3ccno3)[C@@H](O)[C@H]2O)CC1. The number of ether oxygens (including phenoxy) is 2. The van der Waals surface area contributed by atoms with Crippen LogP contribution in [0, 0.1) is 0 Å². The van der Waals surface area contributed by atoms with E-state index in [2.05, 4.69) is 15.4 Å². The molecular formula is C22H28N4O7. The Kier molecular flexibility index (Phi) is 7.11. The fraction of sp³-hybridized carbons (Fsp3) is 0.500. The van der Waals surface area contributed by atoms with Crippen LogP contribution in [0.25, 0.3) is 0 Å². The number of piperazine rings is 1. The van der Waals surface area contributed by atoms with Gasteiger partial charge in [-0.3, -0.25) is 9.59 Å². The molecule has 11 nitrogen and oxygen atoms in total. The van der Waals surface area contributed by atoms with Gasteiger partial charge in [0.2, 0.25) is 11.7 Å². The van der Waals surface area contributed by atoms with Crippen molar-refractivity contribution in [2.24, 2.45) is 0 Å². The number of anilines is 1. The second-order valence-corrected chi connectivity index (χ2v) is 8.02. The zero-order chi connectivity index (χ0) is 23.4. The summed E-state index contributed by atoms with van der Waals surface area (Å²) in [6.45, 7) is 2.32. The van der Waals surface area contributed by atoms with Gasteiger partial charge in [-0.1, -0.05) is 17.3 Å². The van der Waals surface area contributed by atoms with Gasteiger partial charge in [-0.05, 0) is 12.1 Å². The van der Waals surface area contributed by atoms with Crippen molar-refractivity contribution in [3.05, 3.63) is 42.3 Å². The molecule has 2 fully saturated rings. The molecule has 2 amide bonds. The van der Waals surface area contributed by atoms with E-state index in [4.69, 9.17) is 14.0 Å². The van der Waals surface area contributed by atoms with Crippen LogP contribution in [0.4, 0.5) is 5.69 Å². The summed E-state index contributed by atoms with van der Waals surface area (Å²) in [6.07, 6.45) is -2.85. The standard InChI is InChI=1S/C22H28N4O7/c1-31-15-5-3-2-4-14(15)25-8-10-26(11-9-25)19(27)12-17-20(28)21(29)18(32-17)13-23-22(30)16-6-7-24-33-16/h2-7,17-18,20-21,28-29H,8-13H2,1H3,(H,23,30)/t17-,18+,20-,21+/m0/s1. The number of aromatic nitrogens is 1. The number of carbonyl (C=O) groups is 2. The minimum absolute atomic E-state index is 0.0297. The van der Waals surface area contributed by atoms with E-state index < -0.39 is 30.3 Å². The number of hydrogen-bond donors (Lipinski definition) is 3. The normalized spacial score (nSPS) is 25.2. The van der Waals surface area contributed by atoms with Gasteiger partial charge in [0, 0.05) is 38.8 Å². The third-order valence-electron chi connectivity index (χ3n) is 6.02. The Labute approximate surface area is 190 Å². The summed E-state index contributed by atoms with van der Waals surface area (Å²) in [5.74, 6) is 0.153. The molecule has 2 aromatic rings. The fourth-order valence-electron chi connectivity index (χ4n) is 4.17. The van der Waals surface area contributed by atoms with Crippen molar-refractivity contribution in [1.82, 2.24) is 15.4 Å². The number of nitrogens with one attached hydrogen (secondary N) is 1. The first-order valence-electron chi connectivity index (χ1n) is 10.8. The van der Waals surface area contributed by atoms with Crippen LogP contribution >= 0.6 is 0 Å². The Hall–Kier alpha value is -3.15. The summed E-state index contributed by atoms with van der Waals surface area (Å²) in [7, 11) is 1.63. The molecule has 2 aliphatic rings. The second-order valence-electron chi connectivity index (χ2n) is 8.02. The Balaban J connectivity index is 1.26. The van der Waals surface area contributed by atoms with Gasteiger partial charge in [0.15, 0.2) is 0 Å². The topological polar surface area (TPSA) is 138 Å². The first kappa shape index (κ1) is 23.0. The lowest BCUT2D eigenvalue weighted by Crippen LogP contribution is -2.50. The zero-order valence-corrected chi connectivity index (χ0v) is 18.3. The number of rotatable bonds is 7. The first-order chi connectivity index (χ1) is 16.0. The Morgan fingerprint density at radius 3 is 2.55 bits per heavy atom. The molecular weight excluding hydrogens is 432 g/mol. The largest absolute Gasteiger partial charge is 0.495 e. The number of benzene rings is 1. The van der Waals surface area contributed by atoms with Crippen molar-refractivity contribution in [2.75, 3.05) is 44.7 Å². The quantitative estimate of drug-likeness (QED) is 0.506. The zero-order valence-electron chi connectivity index (χ0n) is 18.3. The predicted octanol–water partition coefficient (Wildman–Crippen LogP) is -0.359. The molecule has 0 unspecified atom stereocenters. The van der Waals surface area contributed by atoms with Crippen LogP contribution in [0.1, 0.15) is 17.0 Å². The predicted molar refractivity (Wildman–Crippen MR) is 116 cm³/mol. The number of para-hydroxylation sites is 2. The molecule has 0 saturated carbocycles. The monoisotopic (exact) mass is 460 g/mol. The minimum Gasteiger partial charge on any atom is -0.495 e. The molecule has 2 saturated heterocycles. The van der Waals surface area contributed by atoms with Gasteiger partial charge < -0.3 is 39.3 Å². The van der Waals surface area contributed by atoms with Gasteiger partial charge in [0.25, 0.3) is 5.91 Å².